The zero-order chi connectivity index (χ0) is 18.9. The average molecular weight is 405 g/mol. The molecule has 0 saturated carbocycles. The highest BCUT2D eigenvalue weighted by Gasteiger charge is 2.17. The number of fused-ring (bicyclic) bond motifs is 1. The smallest absolute Gasteiger partial charge is 0.136 e. The summed E-state index contributed by atoms with van der Waals surface area (Å²) < 4.78 is 11.5. The summed E-state index contributed by atoms with van der Waals surface area (Å²) in [5, 5.41) is 4.46. The van der Waals surface area contributed by atoms with Gasteiger partial charge in [-0.25, -0.2) is 0 Å². The second kappa shape index (κ2) is 8.02. The van der Waals surface area contributed by atoms with E-state index in [1.54, 1.807) is 7.11 Å². The molecular formula is C24H21ClN2O2. The molecule has 1 N–H and O–H groups in total. The van der Waals surface area contributed by atoms with Gasteiger partial charge in [-0.1, -0.05) is 48.5 Å². The van der Waals surface area contributed by atoms with Crippen LogP contribution in [0.4, 0.5) is 0 Å². The molecule has 2 heterocycles. The minimum Gasteiger partial charge on any atom is -0.497 e. The van der Waals surface area contributed by atoms with Crippen LogP contribution in [0, 0.1) is 0 Å². The number of hydrogen-bond donors (Lipinski definition) is 1. The summed E-state index contributed by atoms with van der Waals surface area (Å²) in [6, 6.07) is 24.6. The Bertz CT molecular complexity index is 1180. The predicted molar refractivity (Wildman–Crippen MR) is 120 cm³/mol. The lowest BCUT2D eigenvalue weighted by Crippen LogP contribution is -2.20. The molecule has 0 bridgehead atoms. The van der Waals surface area contributed by atoms with Crippen LogP contribution in [0.2, 0.25) is 0 Å². The number of nitrogens with one attached hydrogen (secondary N) is 1. The van der Waals surface area contributed by atoms with E-state index in [9.17, 15) is 0 Å². The molecular weight excluding hydrogens is 384 g/mol. The molecule has 0 radical (unpaired) electrons. The van der Waals surface area contributed by atoms with Gasteiger partial charge >= 0.3 is 0 Å². The molecule has 1 aliphatic heterocycles. The molecule has 1 aliphatic rings. The van der Waals surface area contributed by atoms with E-state index in [4.69, 9.17) is 9.15 Å². The first-order valence-electron chi connectivity index (χ1n) is 9.38. The molecule has 0 atom stereocenters. The number of nitrogens with zero attached hydrogens (tertiary/aromatic N) is 1. The molecule has 3 aromatic carbocycles. The van der Waals surface area contributed by atoms with Crippen LogP contribution in [0.15, 0.2) is 82.2 Å². The molecule has 1 aromatic heterocycles. The normalized spacial score (nSPS) is 12.9. The van der Waals surface area contributed by atoms with Crippen molar-refractivity contribution in [1.82, 2.24) is 5.32 Å². The number of halogens is 1. The van der Waals surface area contributed by atoms with Crippen LogP contribution in [0.5, 0.6) is 5.75 Å². The number of rotatable bonds is 4. The van der Waals surface area contributed by atoms with Crippen molar-refractivity contribution < 1.29 is 9.15 Å². The summed E-state index contributed by atoms with van der Waals surface area (Å²) in [4.78, 5) is 4.58. The molecule has 5 heteroatoms. The van der Waals surface area contributed by atoms with Crippen LogP contribution >= 0.6 is 12.4 Å². The predicted octanol–water partition coefficient (Wildman–Crippen LogP) is 5.55. The summed E-state index contributed by atoms with van der Waals surface area (Å²) in [6.45, 7) is 1.69. The Labute approximate surface area is 175 Å². The Hall–Kier alpha value is -3.24. The van der Waals surface area contributed by atoms with Crippen LogP contribution in [-0.4, -0.2) is 26.0 Å². The molecule has 5 rings (SSSR count). The monoisotopic (exact) mass is 404 g/mol. The fourth-order valence-corrected chi connectivity index (χ4v) is 3.70. The first-order valence-corrected chi connectivity index (χ1v) is 9.38. The summed E-state index contributed by atoms with van der Waals surface area (Å²) >= 11 is 0. The summed E-state index contributed by atoms with van der Waals surface area (Å²) in [6.07, 6.45) is 0. The van der Waals surface area contributed by atoms with Crippen LogP contribution in [0.1, 0.15) is 5.56 Å². The van der Waals surface area contributed by atoms with Gasteiger partial charge in [0, 0.05) is 23.1 Å². The van der Waals surface area contributed by atoms with Crippen molar-refractivity contribution in [2.75, 3.05) is 20.2 Å². The standard InChI is InChI=1S/C24H20N2O2.ClH/c1-27-17-11-9-16(10-12-17)18-7-4-8-22-21(18)15-23(28-22)19-5-2-3-6-20(19)24-25-13-14-26-24;/h2-12,15H,13-14H2,1H3,(H,25,26);1H. The maximum Gasteiger partial charge on any atom is 0.136 e. The maximum absolute atomic E-state index is 6.25. The van der Waals surface area contributed by atoms with Crippen molar-refractivity contribution in [3.63, 3.8) is 0 Å². The topological polar surface area (TPSA) is 46.8 Å². The lowest BCUT2D eigenvalue weighted by Gasteiger charge is -2.07. The van der Waals surface area contributed by atoms with Crippen LogP contribution in [-0.2, 0) is 0 Å². The van der Waals surface area contributed by atoms with E-state index < -0.39 is 0 Å². The van der Waals surface area contributed by atoms with E-state index in [0.29, 0.717) is 0 Å². The van der Waals surface area contributed by atoms with Gasteiger partial charge < -0.3 is 14.5 Å². The van der Waals surface area contributed by atoms with E-state index in [1.807, 2.05) is 36.4 Å². The first-order chi connectivity index (χ1) is 13.8. The van der Waals surface area contributed by atoms with Crippen molar-refractivity contribution >= 4 is 29.2 Å². The van der Waals surface area contributed by atoms with Gasteiger partial charge in [0.25, 0.3) is 0 Å². The molecule has 0 aliphatic carbocycles. The van der Waals surface area contributed by atoms with E-state index in [1.165, 1.54) is 0 Å². The highest BCUT2D eigenvalue weighted by molar-refractivity contribution is 6.06. The molecule has 29 heavy (non-hydrogen) atoms. The van der Waals surface area contributed by atoms with Crippen LogP contribution < -0.4 is 10.1 Å². The van der Waals surface area contributed by atoms with Crippen molar-refractivity contribution in [2.24, 2.45) is 4.99 Å². The molecule has 4 aromatic rings. The third kappa shape index (κ3) is 3.47. The van der Waals surface area contributed by atoms with Gasteiger partial charge in [0.1, 0.15) is 22.9 Å². The Kier molecular flexibility index (Phi) is 5.28. The van der Waals surface area contributed by atoms with Gasteiger partial charge in [-0.2, -0.15) is 0 Å². The molecule has 0 fully saturated rings. The third-order valence-corrected chi connectivity index (χ3v) is 5.08. The number of benzene rings is 3. The molecule has 0 unspecified atom stereocenters. The molecule has 4 nitrogen and oxygen atoms in total. The summed E-state index contributed by atoms with van der Waals surface area (Å²) in [5.41, 5.74) is 5.27. The molecule has 0 amide bonds. The van der Waals surface area contributed by atoms with Gasteiger partial charge in [-0.3, -0.25) is 4.99 Å². The zero-order valence-corrected chi connectivity index (χ0v) is 16.8. The number of furan rings is 1. The maximum atomic E-state index is 6.25. The Morgan fingerprint density at radius 2 is 1.66 bits per heavy atom. The average Bonchev–Trinajstić information content (AvgIpc) is 3.43. The SMILES string of the molecule is COc1ccc(-c2cccc3oc(-c4ccccc4C4=NCCN4)cc23)cc1.Cl. The minimum atomic E-state index is 0. The third-order valence-electron chi connectivity index (χ3n) is 5.08. The number of ether oxygens (including phenoxy) is 1. The number of amidine groups is 1. The van der Waals surface area contributed by atoms with Crippen molar-refractivity contribution in [3.8, 4) is 28.2 Å². The second-order valence-electron chi connectivity index (χ2n) is 6.76. The van der Waals surface area contributed by atoms with Crippen LogP contribution in [0.25, 0.3) is 33.4 Å². The highest BCUT2D eigenvalue weighted by Crippen LogP contribution is 2.36. The van der Waals surface area contributed by atoms with Gasteiger partial charge in [-0.15, -0.1) is 12.4 Å². The summed E-state index contributed by atoms with van der Waals surface area (Å²) in [5.74, 6) is 2.64. The number of hydrogen-bond acceptors (Lipinski definition) is 4. The largest absolute Gasteiger partial charge is 0.497 e. The fourth-order valence-electron chi connectivity index (χ4n) is 3.70. The number of aliphatic imine (C=N–C) groups is 1. The van der Waals surface area contributed by atoms with Crippen molar-refractivity contribution in [2.45, 2.75) is 0 Å². The highest BCUT2D eigenvalue weighted by atomic mass is 35.5. The minimum absolute atomic E-state index is 0. The lowest BCUT2D eigenvalue weighted by atomic mass is 10.00. The number of methoxy groups -OCH3 is 1. The van der Waals surface area contributed by atoms with Gasteiger partial charge in [0.05, 0.1) is 13.7 Å². The van der Waals surface area contributed by atoms with Crippen LogP contribution in [0.3, 0.4) is 0 Å². The van der Waals surface area contributed by atoms with Gasteiger partial charge in [0.2, 0.25) is 0 Å². The fraction of sp³-hybridized carbons (Fsp3) is 0.125. The van der Waals surface area contributed by atoms with E-state index >= 15 is 0 Å². The Balaban J connectivity index is 0.00000205. The van der Waals surface area contributed by atoms with E-state index in [2.05, 4.69) is 46.7 Å². The second-order valence-corrected chi connectivity index (χ2v) is 6.76. The van der Waals surface area contributed by atoms with Crippen molar-refractivity contribution in [3.05, 3.63) is 78.4 Å². The quantitative estimate of drug-likeness (QED) is 0.485. The molecule has 0 saturated heterocycles. The van der Waals surface area contributed by atoms with Crippen molar-refractivity contribution in [1.29, 1.82) is 0 Å². The first kappa shape index (κ1) is 19.1. The Morgan fingerprint density at radius 3 is 2.38 bits per heavy atom. The summed E-state index contributed by atoms with van der Waals surface area (Å²) in [7, 11) is 1.68. The molecule has 0 spiro atoms. The van der Waals surface area contributed by atoms with Gasteiger partial charge in [0.15, 0.2) is 0 Å². The van der Waals surface area contributed by atoms with Gasteiger partial charge in [-0.05, 0) is 35.4 Å². The lowest BCUT2D eigenvalue weighted by molar-refractivity contribution is 0.415. The van der Waals surface area contributed by atoms with E-state index in [0.717, 1.165) is 63.7 Å². The van der Waals surface area contributed by atoms with E-state index in [-0.39, 0.29) is 12.4 Å². The zero-order valence-electron chi connectivity index (χ0n) is 16.0. The molecule has 146 valence electrons. The Morgan fingerprint density at radius 1 is 0.897 bits per heavy atom.